The van der Waals surface area contributed by atoms with Gasteiger partial charge in [-0.15, -0.1) is 0 Å². The minimum Gasteiger partial charge on any atom is -0.397 e. The molecule has 0 radical (unpaired) electrons. The molecule has 0 aromatic carbocycles. The van der Waals surface area contributed by atoms with Crippen LogP contribution in [0.15, 0.2) is 12.3 Å². The molecule has 5 N–H and O–H groups in total. The van der Waals surface area contributed by atoms with Crippen molar-refractivity contribution in [2.45, 2.75) is 24.0 Å². The molecule has 0 atom stereocenters. The number of nitrogens with zero attached hydrogens (tertiary/aromatic N) is 1. The summed E-state index contributed by atoms with van der Waals surface area (Å²) in [6, 6.07) is 1.56. The molecule has 0 saturated heterocycles. The van der Waals surface area contributed by atoms with Crippen LogP contribution in [0.4, 0.5) is 11.5 Å². The summed E-state index contributed by atoms with van der Waals surface area (Å²) >= 11 is 1.86. The predicted octanol–water partition coefficient (Wildman–Crippen LogP) is 1.46. The number of carbonyl (C=O) groups is 1. The van der Waals surface area contributed by atoms with Crippen LogP contribution >= 0.6 is 11.8 Å². The summed E-state index contributed by atoms with van der Waals surface area (Å²) < 4.78 is 0.276. The van der Waals surface area contributed by atoms with E-state index in [0.717, 1.165) is 6.54 Å². The molecule has 1 fully saturated rings. The fraction of sp³-hybridized carbons (Fsp3) is 0.500. The van der Waals surface area contributed by atoms with E-state index in [1.54, 1.807) is 6.07 Å². The van der Waals surface area contributed by atoms with Gasteiger partial charge in [0.05, 0.1) is 17.4 Å². The van der Waals surface area contributed by atoms with Crippen molar-refractivity contribution >= 4 is 29.2 Å². The zero-order chi connectivity index (χ0) is 13.2. The van der Waals surface area contributed by atoms with E-state index >= 15 is 0 Å². The zero-order valence-corrected chi connectivity index (χ0v) is 11.2. The number of amides is 1. The topological polar surface area (TPSA) is 94.0 Å². The second-order valence-corrected chi connectivity index (χ2v) is 5.90. The highest BCUT2D eigenvalue weighted by molar-refractivity contribution is 8.00. The molecule has 1 saturated carbocycles. The Labute approximate surface area is 111 Å². The Morgan fingerprint density at radius 2 is 2.33 bits per heavy atom. The third kappa shape index (κ3) is 2.53. The van der Waals surface area contributed by atoms with E-state index in [2.05, 4.69) is 16.6 Å². The lowest BCUT2D eigenvalue weighted by Crippen LogP contribution is -2.40. The van der Waals surface area contributed by atoms with Crippen LogP contribution in [0.1, 0.15) is 29.6 Å². The van der Waals surface area contributed by atoms with Crippen LogP contribution in [-0.4, -0.2) is 28.4 Å². The van der Waals surface area contributed by atoms with Crippen molar-refractivity contribution < 1.29 is 4.79 Å². The van der Waals surface area contributed by atoms with Crippen LogP contribution in [0.2, 0.25) is 0 Å². The number of primary amides is 1. The summed E-state index contributed by atoms with van der Waals surface area (Å²) in [6.07, 6.45) is 7.30. The minimum atomic E-state index is -0.510. The van der Waals surface area contributed by atoms with Crippen LogP contribution < -0.4 is 16.8 Å². The van der Waals surface area contributed by atoms with Gasteiger partial charge in [-0.25, -0.2) is 4.98 Å². The monoisotopic (exact) mass is 266 g/mol. The van der Waals surface area contributed by atoms with E-state index in [1.165, 1.54) is 25.5 Å². The van der Waals surface area contributed by atoms with Crippen LogP contribution in [0.3, 0.4) is 0 Å². The summed E-state index contributed by atoms with van der Waals surface area (Å²) in [5.74, 6) is 0.0149. The maximum Gasteiger partial charge on any atom is 0.252 e. The van der Waals surface area contributed by atoms with Crippen molar-refractivity contribution in [1.82, 2.24) is 4.98 Å². The quantitative estimate of drug-likeness (QED) is 0.750. The SMILES string of the molecule is CSC1(CNc2ncc(N)cc2C(N)=O)CCC1. The smallest absolute Gasteiger partial charge is 0.252 e. The molecule has 1 amide bonds. The maximum absolute atomic E-state index is 11.3. The van der Waals surface area contributed by atoms with Gasteiger partial charge in [0.15, 0.2) is 0 Å². The van der Waals surface area contributed by atoms with Gasteiger partial charge in [0.1, 0.15) is 5.82 Å². The Morgan fingerprint density at radius 1 is 1.61 bits per heavy atom. The summed E-state index contributed by atoms with van der Waals surface area (Å²) in [6.45, 7) is 0.797. The molecule has 0 aliphatic heterocycles. The normalized spacial score (nSPS) is 16.9. The fourth-order valence-electron chi connectivity index (χ4n) is 2.08. The number of nitrogen functional groups attached to an aromatic ring is 1. The largest absolute Gasteiger partial charge is 0.397 e. The van der Waals surface area contributed by atoms with Crippen molar-refractivity contribution in [1.29, 1.82) is 0 Å². The summed E-state index contributed by atoms with van der Waals surface area (Å²) in [5.41, 5.74) is 11.7. The third-order valence-electron chi connectivity index (χ3n) is 3.45. The van der Waals surface area contributed by atoms with Crippen LogP contribution in [0.5, 0.6) is 0 Å². The van der Waals surface area contributed by atoms with E-state index in [9.17, 15) is 4.79 Å². The van der Waals surface area contributed by atoms with Gasteiger partial charge in [-0.1, -0.05) is 6.42 Å². The summed E-state index contributed by atoms with van der Waals surface area (Å²) in [5, 5.41) is 3.23. The molecule has 1 aromatic heterocycles. The molecule has 1 aromatic rings. The molecule has 5 nitrogen and oxygen atoms in total. The van der Waals surface area contributed by atoms with Crippen molar-refractivity contribution in [2.75, 3.05) is 23.9 Å². The van der Waals surface area contributed by atoms with Crippen molar-refractivity contribution in [2.24, 2.45) is 5.73 Å². The van der Waals surface area contributed by atoms with Gasteiger partial charge < -0.3 is 16.8 Å². The minimum absolute atomic E-state index is 0.276. The Kier molecular flexibility index (Phi) is 3.65. The van der Waals surface area contributed by atoms with Crippen molar-refractivity contribution in [3.63, 3.8) is 0 Å². The highest BCUT2D eigenvalue weighted by atomic mass is 32.2. The lowest BCUT2D eigenvalue weighted by molar-refractivity contribution is 0.100. The number of pyridine rings is 1. The number of carbonyl (C=O) groups excluding carboxylic acids is 1. The van der Waals surface area contributed by atoms with E-state index in [-0.39, 0.29) is 4.75 Å². The Morgan fingerprint density at radius 3 is 2.83 bits per heavy atom. The fourth-order valence-corrected chi connectivity index (χ4v) is 2.99. The molecular formula is C12H18N4OS. The first-order valence-electron chi connectivity index (χ1n) is 5.91. The average Bonchev–Trinajstić information content (AvgIpc) is 2.29. The number of nitrogens with one attached hydrogen (secondary N) is 1. The van der Waals surface area contributed by atoms with Gasteiger partial charge in [-0.3, -0.25) is 4.79 Å². The molecule has 0 bridgehead atoms. The molecule has 2 rings (SSSR count). The van der Waals surface area contributed by atoms with Crippen LogP contribution in [0.25, 0.3) is 0 Å². The van der Waals surface area contributed by atoms with Crippen LogP contribution in [0, 0.1) is 0 Å². The van der Waals surface area contributed by atoms with E-state index in [4.69, 9.17) is 11.5 Å². The van der Waals surface area contributed by atoms with Crippen molar-refractivity contribution in [3.8, 4) is 0 Å². The first-order valence-corrected chi connectivity index (χ1v) is 7.13. The van der Waals surface area contributed by atoms with Gasteiger partial charge in [0.2, 0.25) is 0 Å². The first kappa shape index (κ1) is 13.0. The van der Waals surface area contributed by atoms with Gasteiger partial charge in [0, 0.05) is 11.3 Å². The lowest BCUT2D eigenvalue weighted by atomic mass is 9.84. The average molecular weight is 266 g/mol. The molecule has 6 heteroatoms. The molecule has 1 aliphatic rings. The maximum atomic E-state index is 11.3. The number of thioether (sulfide) groups is 1. The number of aromatic nitrogens is 1. The third-order valence-corrected chi connectivity index (χ3v) is 4.87. The second-order valence-electron chi connectivity index (χ2n) is 4.62. The highest BCUT2D eigenvalue weighted by Crippen LogP contribution is 2.42. The Balaban J connectivity index is 2.11. The van der Waals surface area contributed by atoms with E-state index < -0.39 is 5.91 Å². The summed E-state index contributed by atoms with van der Waals surface area (Å²) in [7, 11) is 0. The Hall–Kier alpha value is -1.43. The summed E-state index contributed by atoms with van der Waals surface area (Å²) in [4.78, 5) is 15.5. The molecule has 1 heterocycles. The zero-order valence-electron chi connectivity index (χ0n) is 10.4. The van der Waals surface area contributed by atoms with E-state index in [1.807, 2.05) is 11.8 Å². The number of hydrogen-bond acceptors (Lipinski definition) is 5. The van der Waals surface area contributed by atoms with Crippen molar-refractivity contribution in [3.05, 3.63) is 17.8 Å². The number of nitrogens with two attached hydrogens (primary N) is 2. The Bertz CT molecular complexity index is 454. The molecule has 18 heavy (non-hydrogen) atoms. The molecule has 98 valence electrons. The van der Waals surface area contributed by atoms with Gasteiger partial charge in [0.25, 0.3) is 5.91 Å². The van der Waals surface area contributed by atoms with Crippen LogP contribution in [-0.2, 0) is 0 Å². The molecule has 1 aliphatic carbocycles. The lowest BCUT2D eigenvalue weighted by Gasteiger charge is -2.40. The van der Waals surface area contributed by atoms with Gasteiger partial charge in [-0.2, -0.15) is 11.8 Å². The first-order chi connectivity index (χ1) is 8.56. The van der Waals surface area contributed by atoms with E-state index in [0.29, 0.717) is 17.1 Å². The standard InChI is InChI=1S/C12H18N4OS/c1-18-12(3-2-4-12)7-16-11-9(10(14)17)5-8(13)6-15-11/h5-6H,2-4,7,13H2,1H3,(H2,14,17)(H,15,16). The number of anilines is 2. The predicted molar refractivity (Wildman–Crippen MR) is 75.8 cm³/mol. The van der Waals surface area contributed by atoms with Gasteiger partial charge in [-0.05, 0) is 25.2 Å². The highest BCUT2D eigenvalue weighted by Gasteiger charge is 2.36. The molecule has 0 unspecified atom stereocenters. The number of hydrogen-bond donors (Lipinski definition) is 3. The number of rotatable bonds is 5. The van der Waals surface area contributed by atoms with Gasteiger partial charge >= 0.3 is 0 Å². The second kappa shape index (κ2) is 5.06. The molecule has 0 spiro atoms. The molecular weight excluding hydrogens is 248 g/mol.